The first-order valence-corrected chi connectivity index (χ1v) is 3.69. The maximum Gasteiger partial charge on any atom is 0.361 e. The van der Waals surface area contributed by atoms with Crippen LogP contribution < -0.4 is 5.69 Å². The maximum atomic E-state index is 10.8. The van der Waals surface area contributed by atoms with Crippen molar-refractivity contribution in [1.29, 1.82) is 0 Å². The minimum Gasteiger partial charge on any atom is -0.259 e. The zero-order chi connectivity index (χ0) is 9.26. The van der Waals surface area contributed by atoms with Crippen LogP contribution in [0.4, 0.5) is 0 Å². The first-order valence-electron chi connectivity index (χ1n) is 3.69. The Kier molecular flexibility index (Phi) is 1.66. The number of aromatic amines is 1. The molecule has 66 valence electrons. The summed E-state index contributed by atoms with van der Waals surface area (Å²) >= 11 is 0. The first kappa shape index (κ1) is 7.66. The molecule has 0 bridgehead atoms. The largest absolute Gasteiger partial charge is 0.361 e. The van der Waals surface area contributed by atoms with Crippen LogP contribution in [0.5, 0.6) is 0 Å². The van der Waals surface area contributed by atoms with Crippen molar-refractivity contribution in [2.45, 2.75) is 6.92 Å². The highest BCUT2D eigenvalue weighted by molar-refractivity contribution is 5.15. The Labute approximate surface area is 73.3 Å². The maximum absolute atomic E-state index is 10.8. The predicted octanol–water partition coefficient (Wildman–Crippen LogP) is -0.341. The van der Waals surface area contributed by atoms with Crippen LogP contribution in [0.2, 0.25) is 0 Å². The van der Waals surface area contributed by atoms with Gasteiger partial charge in [0, 0.05) is 12.4 Å². The molecule has 6 nitrogen and oxygen atoms in total. The Balaban J connectivity index is 2.59. The van der Waals surface area contributed by atoms with Gasteiger partial charge in [-0.3, -0.25) is 4.98 Å². The summed E-state index contributed by atoms with van der Waals surface area (Å²) in [6.07, 6.45) is 4.66. The van der Waals surface area contributed by atoms with Crippen LogP contribution in [-0.4, -0.2) is 24.7 Å². The molecule has 0 atom stereocenters. The number of rotatable bonds is 1. The van der Waals surface area contributed by atoms with Crippen molar-refractivity contribution in [2.24, 2.45) is 0 Å². The van der Waals surface area contributed by atoms with Crippen molar-refractivity contribution in [3.05, 3.63) is 34.9 Å². The predicted molar refractivity (Wildman–Crippen MR) is 44.5 cm³/mol. The topological polar surface area (TPSA) is 76.5 Å². The lowest BCUT2D eigenvalue weighted by Gasteiger charge is -1.99. The molecule has 2 aromatic rings. The van der Waals surface area contributed by atoms with Gasteiger partial charge in [0.25, 0.3) is 0 Å². The van der Waals surface area contributed by atoms with Gasteiger partial charge in [-0.05, 0) is 6.92 Å². The summed E-state index contributed by atoms with van der Waals surface area (Å²) in [5.74, 6) is 1.11. The second-order valence-electron chi connectivity index (χ2n) is 2.47. The lowest BCUT2D eigenvalue weighted by atomic mass is 10.6. The van der Waals surface area contributed by atoms with Crippen LogP contribution in [0.25, 0.3) is 5.82 Å². The molecule has 0 fully saturated rings. The van der Waals surface area contributed by atoms with Crippen LogP contribution in [0, 0.1) is 6.92 Å². The molecule has 0 aliphatic carbocycles. The first-order chi connectivity index (χ1) is 6.27. The minimum absolute atomic E-state index is 0.386. The average molecular weight is 177 g/mol. The van der Waals surface area contributed by atoms with Crippen molar-refractivity contribution in [3.8, 4) is 5.82 Å². The fraction of sp³-hybridized carbons (Fsp3) is 0.143. The van der Waals surface area contributed by atoms with E-state index >= 15 is 0 Å². The SMILES string of the molecule is Cc1nc(=O)[nH]n1-c1cnccn1. The molecule has 0 saturated carbocycles. The fourth-order valence-electron chi connectivity index (χ4n) is 1.03. The molecular formula is C7H7N5O. The van der Waals surface area contributed by atoms with Crippen LogP contribution in [0.15, 0.2) is 23.4 Å². The zero-order valence-electron chi connectivity index (χ0n) is 6.93. The molecule has 6 heteroatoms. The summed E-state index contributed by atoms with van der Waals surface area (Å²) in [7, 11) is 0. The second kappa shape index (κ2) is 2.81. The Morgan fingerprint density at radius 3 is 2.85 bits per heavy atom. The Hall–Kier alpha value is -1.98. The third-order valence-electron chi connectivity index (χ3n) is 1.57. The molecule has 1 N–H and O–H groups in total. The number of H-pyrrole nitrogens is 1. The van der Waals surface area contributed by atoms with E-state index in [0.29, 0.717) is 11.6 Å². The van der Waals surface area contributed by atoms with E-state index in [1.807, 2.05) is 0 Å². The van der Waals surface area contributed by atoms with Gasteiger partial charge in [-0.1, -0.05) is 0 Å². The minimum atomic E-state index is -0.386. The smallest absolute Gasteiger partial charge is 0.259 e. The molecule has 0 amide bonds. The van der Waals surface area contributed by atoms with Crippen molar-refractivity contribution in [2.75, 3.05) is 0 Å². The summed E-state index contributed by atoms with van der Waals surface area (Å²) in [5.41, 5.74) is -0.386. The fourth-order valence-corrected chi connectivity index (χ4v) is 1.03. The quantitative estimate of drug-likeness (QED) is 0.646. The van der Waals surface area contributed by atoms with Crippen molar-refractivity contribution in [1.82, 2.24) is 24.7 Å². The molecule has 0 aromatic carbocycles. The molecular weight excluding hydrogens is 170 g/mol. The van der Waals surface area contributed by atoms with E-state index in [-0.39, 0.29) is 5.69 Å². The van der Waals surface area contributed by atoms with E-state index in [1.165, 1.54) is 4.68 Å². The number of hydrogen-bond donors (Lipinski definition) is 1. The van der Waals surface area contributed by atoms with Crippen LogP contribution in [0.3, 0.4) is 0 Å². The van der Waals surface area contributed by atoms with E-state index in [9.17, 15) is 4.79 Å². The standard InChI is InChI=1S/C7H7N5O/c1-5-10-7(13)11-12(5)6-4-8-2-3-9-6/h2-4H,1H3,(H,11,13). The van der Waals surface area contributed by atoms with Crippen molar-refractivity contribution in [3.63, 3.8) is 0 Å². The average Bonchev–Trinajstić information content (AvgIpc) is 2.47. The molecule has 0 saturated heterocycles. The van der Waals surface area contributed by atoms with Crippen molar-refractivity contribution < 1.29 is 0 Å². The molecule has 2 aromatic heterocycles. The normalized spacial score (nSPS) is 10.2. The van der Waals surface area contributed by atoms with Crippen LogP contribution in [0.1, 0.15) is 5.82 Å². The lowest BCUT2D eigenvalue weighted by molar-refractivity contribution is 0.797. The zero-order valence-corrected chi connectivity index (χ0v) is 6.93. The number of aromatic nitrogens is 5. The summed E-state index contributed by atoms with van der Waals surface area (Å²) in [4.78, 5) is 22.4. The van der Waals surface area contributed by atoms with Gasteiger partial charge < -0.3 is 0 Å². The molecule has 0 unspecified atom stereocenters. The summed E-state index contributed by atoms with van der Waals surface area (Å²) in [6, 6.07) is 0. The van der Waals surface area contributed by atoms with E-state index in [0.717, 1.165) is 0 Å². The summed E-state index contributed by atoms with van der Waals surface area (Å²) in [6.45, 7) is 1.71. The van der Waals surface area contributed by atoms with E-state index in [1.54, 1.807) is 25.5 Å². The van der Waals surface area contributed by atoms with E-state index in [4.69, 9.17) is 0 Å². The Bertz CT molecular complexity index is 457. The third-order valence-corrected chi connectivity index (χ3v) is 1.57. The highest BCUT2D eigenvalue weighted by Gasteiger charge is 2.03. The van der Waals surface area contributed by atoms with Gasteiger partial charge in [0.1, 0.15) is 5.82 Å². The second-order valence-corrected chi connectivity index (χ2v) is 2.47. The molecule has 0 aliphatic rings. The van der Waals surface area contributed by atoms with Crippen LogP contribution in [-0.2, 0) is 0 Å². The molecule has 0 spiro atoms. The monoisotopic (exact) mass is 177 g/mol. The van der Waals surface area contributed by atoms with Gasteiger partial charge >= 0.3 is 5.69 Å². The third kappa shape index (κ3) is 1.33. The highest BCUT2D eigenvalue weighted by Crippen LogP contribution is 1.98. The lowest BCUT2D eigenvalue weighted by Crippen LogP contribution is -2.06. The van der Waals surface area contributed by atoms with Crippen molar-refractivity contribution >= 4 is 0 Å². The molecule has 2 rings (SSSR count). The van der Waals surface area contributed by atoms with Gasteiger partial charge in [-0.25, -0.2) is 19.6 Å². The van der Waals surface area contributed by atoms with Gasteiger partial charge in [-0.2, -0.15) is 4.98 Å². The van der Waals surface area contributed by atoms with Gasteiger partial charge in [0.05, 0.1) is 6.20 Å². The van der Waals surface area contributed by atoms with E-state index < -0.39 is 0 Å². The molecule has 0 radical (unpaired) electrons. The Morgan fingerprint density at radius 1 is 1.46 bits per heavy atom. The molecule has 0 aliphatic heterocycles. The summed E-state index contributed by atoms with van der Waals surface area (Å²) in [5, 5.41) is 2.51. The molecule has 2 heterocycles. The van der Waals surface area contributed by atoms with Gasteiger partial charge in [0.15, 0.2) is 5.82 Å². The number of nitrogens with one attached hydrogen (secondary N) is 1. The number of nitrogens with zero attached hydrogens (tertiary/aromatic N) is 4. The van der Waals surface area contributed by atoms with E-state index in [2.05, 4.69) is 20.1 Å². The van der Waals surface area contributed by atoms with Crippen LogP contribution >= 0.6 is 0 Å². The Morgan fingerprint density at radius 2 is 2.31 bits per heavy atom. The highest BCUT2D eigenvalue weighted by atomic mass is 16.1. The number of aryl methyl sites for hydroxylation is 1. The van der Waals surface area contributed by atoms with Gasteiger partial charge in [0.2, 0.25) is 0 Å². The molecule has 13 heavy (non-hydrogen) atoms. The summed E-state index contributed by atoms with van der Waals surface area (Å²) < 4.78 is 1.48. The number of hydrogen-bond acceptors (Lipinski definition) is 4. The van der Waals surface area contributed by atoms with Gasteiger partial charge in [-0.15, -0.1) is 0 Å².